The van der Waals surface area contributed by atoms with Gasteiger partial charge in [0.1, 0.15) is 0 Å². The second-order valence-electron chi connectivity index (χ2n) is 4.83. The van der Waals surface area contributed by atoms with E-state index in [0.717, 1.165) is 12.8 Å². The summed E-state index contributed by atoms with van der Waals surface area (Å²) in [6.45, 7) is 5.72. The predicted molar refractivity (Wildman–Crippen MR) is 76.6 cm³/mol. The fraction of sp³-hybridized carbons (Fsp3) is 0.500. The van der Waals surface area contributed by atoms with E-state index in [2.05, 4.69) is 5.32 Å². The Morgan fingerprint density at radius 3 is 2.37 bits per heavy atom. The van der Waals surface area contributed by atoms with Gasteiger partial charge < -0.3 is 21.3 Å². The third-order valence-electron chi connectivity index (χ3n) is 3.68. The molecule has 0 spiro atoms. The van der Waals surface area contributed by atoms with Crippen molar-refractivity contribution in [3.63, 3.8) is 0 Å². The Labute approximate surface area is 113 Å². The van der Waals surface area contributed by atoms with Gasteiger partial charge in [-0.1, -0.05) is 13.8 Å². The van der Waals surface area contributed by atoms with E-state index in [9.17, 15) is 9.90 Å². The zero-order valence-corrected chi connectivity index (χ0v) is 11.7. The molecule has 0 fully saturated rings. The normalized spacial score (nSPS) is 11.4. The van der Waals surface area contributed by atoms with Gasteiger partial charge in [0.15, 0.2) is 0 Å². The van der Waals surface area contributed by atoms with Crippen molar-refractivity contribution >= 4 is 17.3 Å². The van der Waals surface area contributed by atoms with Gasteiger partial charge in [-0.2, -0.15) is 0 Å². The first-order valence-electron chi connectivity index (χ1n) is 6.41. The van der Waals surface area contributed by atoms with Crippen LogP contribution in [0.5, 0.6) is 0 Å². The molecule has 1 aromatic rings. The summed E-state index contributed by atoms with van der Waals surface area (Å²) in [5.74, 6) is -1.05. The minimum atomic E-state index is -1.05. The average Bonchev–Trinajstić information content (AvgIpc) is 2.39. The summed E-state index contributed by atoms with van der Waals surface area (Å²) < 4.78 is 0. The number of carboxylic acid groups (broad SMARTS) is 1. The van der Waals surface area contributed by atoms with Gasteiger partial charge in [-0.25, -0.2) is 4.79 Å². The van der Waals surface area contributed by atoms with Crippen molar-refractivity contribution < 1.29 is 15.0 Å². The van der Waals surface area contributed by atoms with E-state index in [1.165, 1.54) is 6.07 Å². The SMILES string of the molecule is CCC(CC)(CO)Nc1cc(C)c(N)c(C(=O)O)c1. The Bertz CT molecular complexity index is 460. The van der Waals surface area contributed by atoms with Crippen LogP contribution in [0.2, 0.25) is 0 Å². The van der Waals surface area contributed by atoms with E-state index in [0.29, 0.717) is 11.3 Å². The first-order chi connectivity index (χ1) is 8.89. The van der Waals surface area contributed by atoms with E-state index >= 15 is 0 Å². The smallest absolute Gasteiger partial charge is 0.337 e. The highest BCUT2D eigenvalue weighted by Crippen LogP contribution is 2.27. The van der Waals surface area contributed by atoms with Gasteiger partial charge in [-0.15, -0.1) is 0 Å². The van der Waals surface area contributed by atoms with E-state index < -0.39 is 11.5 Å². The van der Waals surface area contributed by atoms with Crippen molar-refractivity contribution in [3.05, 3.63) is 23.3 Å². The molecule has 0 aliphatic heterocycles. The molecule has 1 aromatic carbocycles. The Kier molecular flexibility index (Phi) is 4.78. The van der Waals surface area contributed by atoms with Gasteiger partial charge in [0.05, 0.1) is 17.7 Å². The Morgan fingerprint density at radius 1 is 1.37 bits per heavy atom. The molecule has 0 amide bonds. The number of hydrogen-bond acceptors (Lipinski definition) is 4. The number of nitrogen functional groups attached to an aromatic ring is 1. The molecule has 0 atom stereocenters. The average molecular weight is 266 g/mol. The van der Waals surface area contributed by atoms with Crippen molar-refractivity contribution in [2.45, 2.75) is 39.2 Å². The van der Waals surface area contributed by atoms with Crippen LogP contribution in [0.15, 0.2) is 12.1 Å². The highest BCUT2D eigenvalue weighted by molar-refractivity contribution is 5.95. The number of carboxylic acids is 1. The Balaban J connectivity index is 3.18. The van der Waals surface area contributed by atoms with Crippen LogP contribution in [0.1, 0.15) is 42.6 Å². The van der Waals surface area contributed by atoms with Crippen LogP contribution in [0.4, 0.5) is 11.4 Å². The molecule has 0 saturated carbocycles. The number of nitrogens with two attached hydrogens (primary N) is 1. The molecule has 19 heavy (non-hydrogen) atoms. The standard InChI is InChI=1S/C14H22N2O3/c1-4-14(5-2,8-17)16-10-6-9(3)12(15)11(7-10)13(18)19/h6-7,16-17H,4-5,8,15H2,1-3H3,(H,18,19). The molecule has 5 N–H and O–H groups in total. The Morgan fingerprint density at radius 2 is 1.95 bits per heavy atom. The number of nitrogens with one attached hydrogen (secondary N) is 1. The minimum absolute atomic E-state index is 0.00811. The second-order valence-corrected chi connectivity index (χ2v) is 4.83. The van der Waals surface area contributed by atoms with Crippen LogP contribution in [-0.4, -0.2) is 28.3 Å². The number of anilines is 2. The molecule has 0 unspecified atom stereocenters. The largest absolute Gasteiger partial charge is 0.478 e. The van der Waals surface area contributed by atoms with E-state index in [1.54, 1.807) is 13.0 Å². The molecule has 0 aliphatic carbocycles. The van der Waals surface area contributed by atoms with E-state index in [1.807, 2.05) is 13.8 Å². The molecule has 5 nitrogen and oxygen atoms in total. The van der Waals surface area contributed by atoms with Crippen molar-refractivity contribution in [3.8, 4) is 0 Å². The molecule has 106 valence electrons. The maximum atomic E-state index is 11.1. The van der Waals surface area contributed by atoms with Crippen molar-refractivity contribution in [1.82, 2.24) is 0 Å². The number of aryl methyl sites for hydroxylation is 1. The monoisotopic (exact) mass is 266 g/mol. The number of aliphatic hydroxyl groups excluding tert-OH is 1. The number of aromatic carboxylic acids is 1. The lowest BCUT2D eigenvalue weighted by atomic mass is 9.93. The lowest BCUT2D eigenvalue weighted by Crippen LogP contribution is -2.40. The molecular formula is C14H22N2O3. The van der Waals surface area contributed by atoms with Crippen LogP contribution >= 0.6 is 0 Å². The molecule has 0 heterocycles. The summed E-state index contributed by atoms with van der Waals surface area (Å²) in [5.41, 5.74) is 7.06. The van der Waals surface area contributed by atoms with Crippen molar-refractivity contribution in [2.75, 3.05) is 17.7 Å². The first kappa shape index (κ1) is 15.3. The van der Waals surface area contributed by atoms with Gasteiger partial charge in [-0.05, 0) is 37.5 Å². The topological polar surface area (TPSA) is 95.6 Å². The zero-order chi connectivity index (χ0) is 14.6. The van der Waals surface area contributed by atoms with Crippen molar-refractivity contribution in [2.24, 2.45) is 0 Å². The number of hydrogen-bond donors (Lipinski definition) is 4. The summed E-state index contributed by atoms with van der Waals surface area (Å²) in [5, 5.41) is 21.9. The molecule has 1 rings (SSSR count). The van der Waals surface area contributed by atoms with Gasteiger partial charge in [0, 0.05) is 11.4 Å². The summed E-state index contributed by atoms with van der Waals surface area (Å²) in [4.78, 5) is 11.1. The summed E-state index contributed by atoms with van der Waals surface area (Å²) >= 11 is 0. The highest BCUT2D eigenvalue weighted by Gasteiger charge is 2.25. The summed E-state index contributed by atoms with van der Waals surface area (Å²) in [6, 6.07) is 3.32. The molecule has 0 aliphatic rings. The van der Waals surface area contributed by atoms with Crippen LogP contribution in [0.3, 0.4) is 0 Å². The predicted octanol–water partition coefficient (Wildman–Crippen LogP) is 2.24. The van der Waals surface area contributed by atoms with Crippen LogP contribution in [-0.2, 0) is 0 Å². The van der Waals surface area contributed by atoms with Crippen LogP contribution < -0.4 is 11.1 Å². The number of aliphatic hydroxyl groups is 1. The molecule has 0 bridgehead atoms. The number of carbonyl (C=O) groups is 1. The molecule has 5 heteroatoms. The fourth-order valence-corrected chi connectivity index (χ4v) is 2.04. The maximum absolute atomic E-state index is 11.1. The van der Waals surface area contributed by atoms with E-state index in [-0.39, 0.29) is 17.9 Å². The van der Waals surface area contributed by atoms with Gasteiger partial charge >= 0.3 is 5.97 Å². The second kappa shape index (κ2) is 5.93. The summed E-state index contributed by atoms with van der Waals surface area (Å²) in [7, 11) is 0. The number of benzene rings is 1. The highest BCUT2D eigenvalue weighted by atomic mass is 16.4. The van der Waals surface area contributed by atoms with Gasteiger partial charge in [-0.3, -0.25) is 0 Å². The molecular weight excluding hydrogens is 244 g/mol. The van der Waals surface area contributed by atoms with Crippen LogP contribution in [0.25, 0.3) is 0 Å². The molecule has 0 saturated heterocycles. The lowest BCUT2D eigenvalue weighted by Gasteiger charge is -2.32. The Hall–Kier alpha value is -1.75. The minimum Gasteiger partial charge on any atom is -0.478 e. The third-order valence-corrected chi connectivity index (χ3v) is 3.68. The molecule has 0 radical (unpaired) electrons. The maximum Gasteiger partial charge on any atom is 0.337 e. The summed E-state index contributed by atoms with van der Waals surface area (Å²) in [6.07, 6.45) is 1.48. The fourth-order valence-electron chi connectivity index (χ4n) is 2.04. The number of rotatable bonds is 6. The lowest BCUT2D eigenvalue weighted by molar-refractivity contribution is 0.0698. The van der Waals surface area contributed by atoms with E-state index in [4.69, 9.17) is 10.8 Å². The first-order valence-corrected chi connectivity index (χ1v) is 6.41. The molecule has 0 aromatic heterocycles. The third kappa shape index (κ3) is 3.17. The zero-order valence-electron chi connectivity index (χ0n) is 11.7. The van der Waals surface area contributed by atoms with Gasteiger partial charge in [0.2, 0.25) is 0 Å². The quantitative estimate of drug-likeness (QED) is 0.592. The van der Waals surface area contributed by atoms with Crippen LogP contribution in [0, 0.1) is 6.92 Å². The van der Waals surface area contributed by atoms with Crippen molar-refractivity contribution in [1.29, 1.82) is 0 Å². The van der Waals surface area contributed by atoms with Gasteiger partial charge in [0.25, 0.3) is 0 Å².